The van der Waals surface area contributed by atoms with E-state index in [4.69, 9.17) is 0 Å². The first-order valence-electron chi connectivity index (χ1n) is 5.36. The molecule has 0 saturated carbocycles. The van der Waals surface area contributed by atoms with Crippen LogP contribution < -0.4 is 0 Å². The van der Waals surface area contributed by atoms with Crippen molar-refractivity contribution < 1.29 is 0 Å². The lowest BCUT2D eigenvalue weighted by molar-refractivity contribution is 1.02. The third-order valence-corrected chi connectivity index (χ3v) is 3.22. The number of fused-ring (bicyclic) bond motifs is 2. The summed E-state index contributed by atoms with van der Waals surface area (Å²) in [5, 5.41) is 0. The van der Waals surface area contributed by atoms with Crippen LogP contribution in [0.5, 0.6) is 0 Å². The van der Waals surface area contributed by atoms with Crippen LogP contribution in [0.1, 0.15) is 29.2 Å². The molecule has 2 aromatic carbocycles. The molecule has 0 aliphatic heterocycles. The zero-order valence-electron chi connectivity index (χ0n) is 8.83. The molecular weight excluding hydrogens is 180 g/mol. The van der Waals surface area contributed by atoms with Crippen molar-refractivity contribution in [1.29, 1.82) is 0 Å². The lowest BCUT2D eigenvalue weighted by Gasteiger charge is -2.32. The summed E-state index contributed by atoms with van der Waals surface area (Å²) in [7, 11) is 0. The molecule has 0 fully saturated rings. The Hall–Kier alpha value is -1.69. The minimum atomic E-state index is 1.07. The maximum absolute atomic E-state index is 2.23. The van der Waals surface area contributed by atoms with Crippen molar-refractivity contribution in [3.05, 3.63) is 76.7 Å². The van der Waals surface area contributed by atoms with Crippen LogP contribution in [-0.2, 0) is 6.42 Å². The van der Waals surface area contributed by atoms with Gasteiger partial charge in [-0.3, -0.25) is 0 Å². The van der Waals surface area contributed by atoms with Crippen molar-refractivity contribution in [2.45, 2.75) is 13.3 Å². The highest BCUT2D eigenvalue weighted by molar-refractivity contribution is 5.57. The van der Waals surface area contributed by atoms with E-state index in [9.17, 15) is 0 Å². The summed E-state index contributed by atoms with van der Waals surface area (Å²) in [5.41, 5.74) is 5.73. The second-order valence-corrected chi connectivity index (χ2v) is 4.12. The number of hydrogen-bond acceptors (Lipinski definition) is 0. The lowest BCUT2D eigenvalue weighted by atomic mass is 9.79. The van der Waals surface area contributed by atoms with Gasteiger partial charge < -0.3 is 0 Å². The molecule has 2 aromatic rings. The van der Waals surface area contributed by atoms with E-state index in [1.165, 1.54) is 28.2 Å². The molecule has 1 aliphatic rings. The Morgan fingerprint density at radius 1 is 0.800 bits per heavy atom. The van der Waals surface area contributed by atoms with Gasteiger partial charge in [0.05, 0.1) is 0 Å². The topological polar surface area (TPSA) is 0 Å². The molecule has 15 heavy (non-hydrogen) atoms. The number of hydrogen-bond donors (Lipinski definition) is 0. The lowest BCUT2D eigenvalue weighted by Crippen LogP contribution is -2.11. The maximum Gasteiger partial charge on any atom is -0.0568 e. The Morgan fingerprint density at radius 3 is 1.80 bits per heavy atom. The fourth-order valence-corrected chi connectivity index (χ4v) is 2.43. The van der Waals surface area contributed by atoms with Crippen molar-refractivity contribution in [3.63, 3.8) is 0 Å². The molecule has 0 nitrogen and oxygen atoms in total. The molecule has 0 saturated heterocycles. The summed E-state index contributed by atoms with van der Waals surface area (Å²) in [5.74, 6) is 1.41. The van der Waals surface area contributed by atoms with Crippen LogP contribution in [-0.4, -0.2) is 0 Å². The van der Waals surface area contributed by atoms with Crippen LogP contribution >= 0.6 is 0 Å². The molecule has 0 heteroatoms. The van der Waals surface area contributed by atoms with E-state index in [0.29, 0.717) is 0 Å². The monoisotopic (exact) mass is 193 g/mol. The van der Waals surface area contributed by atoms with Crippen molar-refractivity contribution in [2.24, 2.45) is 0 Å². The summed E-state index contributed by atoms with van der Waals surface area (Å²) in [6, 6.07) is 17.4. The van der Waals surface area contributed by atoms with Crippen LogP contribution in [0.25, 0.3) is 0 Å². The fourth-order valence-electron chi connectivity index (χ4n) is 2.43. The van der Waals surface area contributed by atoms with Crippen LogP contribution in [0.3, 0.4) is 0 Å². The van der Waals surface area contributed by atoms with Gasteiger partial charge in [0.15, 0.2) is 0 Å². The fraction of sp³-hybridized carbons (Fsp3) is 0.133. The molecule has 0 bridgehead atoms. The first-order chi connectivity index (χ1) is 7.36. The standard InChI is InChI=1S/C15H13/c1-11-14-8-4-2-6-12(14)10-13-7-3-5-9-15(11)13/h2-9H,10H2,1H3/q-1. The van der Waals surface area contributed by atoms with Gasteiger partial charge >= 0.3 is 0 Å². The third-order valence-electron chi connectivity index (χ3n) is 3.22. The van der Waals surface area contributed by atoms with Crippen LogP contribution in [0, 0.1) is 5.92 Å². The SMILES string of the molecule is C[C-]1c2ccccc2Cc2ccccc21. The Bertz CT molecular complexity index is 451. The summed E-state index contributed by atoms with van der Waals surface area (Å²) >= 11 is 0. The van der Waals surface area contributed by atoms with Gasteiger partial charge in [-0.2, -0.15) is 0 Å². The van der Waals surface area contributed by atoms with E-state index in [1.54, 1.807) is 0 Å². The Morgan fingerprint density at radius 2 is 1.27 bits per heavy atom. The van der Waals surface area contributed by atoms with E-state index in [0.717, 1.165) is 6.42 Å². The zero-order valence-corrected chi connectivity index (χ0v) is 8.83. The largest absolute Gasteiger partial charge is 0.118 e. The normalized spacial score (nSPS) is 13.3. The first-order valence-corrected chi connectivity index (χ1v) is 5.36. The number of benzene rings is 2. The quantitative estimate of drug-likeness (QED) is 0.561. The summed E-state index contributed by atoms with van der Waals surface area (Å²) in [6.07, 6.45) is 1.07. The van der Waals surface area contributed by atoms with E-state index < -0.39 is 0 Å². The first kappa shape index (κ1) is 8.60. The maximum atomic E-state index is 2.23. The average molecular weight is 193 g/mol. The van der Waals surface area contributed by atoms with Gasteiger partial charge in [0.25, 0.3) is 0 Å². The highest BCUT2D eigenvalue weighted by atomic mass is 14.2. The van der Waals surface area contributed by atoms with E-state index in [-0.39, 0.29) is 0 Å². The Labute approximate surface area is 90.6 Å². The summed E-state index contributed by atoms with van der Waals surface area (Å²) in [4.78, 5) is 0. The van der Waals surface area contributed by atoms with Gasteiger partial charge in [-0.05, 0) is 0 Å². The predicted molar refractivity (Wildman–Crippen MR) is 62.8 cm³/mol. The van der Waals surface area contributed by atoms with E-state index in [2.05, 4.69) is 55.5 Å². The molecule has 0 spiro atoms. The summed E-state index contributed by atoms with van der Waals surface area (Å²) < 4.78 is 0. The smallest absolute Gasteiger partial charge is 0.0568 e. The molecular formula is C15H13-. The van der Waals surface area contributed by atoms with Crippen molar-refractivity contribution in [3.8, 4) is 0 Å². The van der Waals surface area contributed by atoms with Gasteiger partial charge in [-0.1, -0.05) is 49.7 Å². The molecule has 0 amide bonds. The van der Waals surface area contributed by atoms with Crippen LogP contribution in [0.15, 0.2) is 48.5 Å². The van der Waals surface area contributed by atoms with Gasteiger partial charge in [0.1, 0.15) is 0 Å². The van der Waals surface area contributed by atoms with Gasteiger partial charge in [0, 0.05) is 0 Å². The Balaban J connectivity index is 2.20. The van der Waals surface area contributed by atoms with Gasteiger partial charge in [-0.15, -0.1) is 40.3 Å². The molecule has 1 aliphatic carbocycles. The molecule has 0 aromatic heterocycles. The second kappa shape index (κ2) is 3.16. The van der Waals surface area contributed by atoms with Crippen molar-refractivity contribution in [1.82, 2.24) is 0 Å². The minimum absolute atomic E-state index is 1.07. The minimum Gasteiger partial charge on any atom is -0.118 e. The van der Waals surface area contributed by atoms with Crippen molar-refractivity contribution in [2.75, 3.05) is 0 Å². The Kier molecular flexibility index (Phi) is 1.81. The van der Waals surface area contributed by atoms with Crippen molar-refractivity contribution >= 4 is 0 Å². The van der Waals surface area contributed by atoms with Gasteiger partial charge in [0.2, 0.25) is 0 Å². The molecule has 0 heterocycles. The van der Waals surface area contributed by atoms with Gasteiger partial charge in [-0.25, -0.2) is 0 Å². The van der Waals surface area contributed by atoms with Crippen LogP contribution in [0.2, 0.25) is 0 Å². The average Bonchev–Trinajstić information content (AvgIpc) is 2.30. The third kappa shape index (κ3) is 1.25. The van der Waals surface area contributed by atoms with E-state index in [1.807, 2.05) is 0 Å². The molecule has 74 valence electrons. The predicted octanol–water partition coefficient (Wildman–Crippen LogP) is 3.58. The number of rotatable bonds is 0. The van der Waals surface area contributed by atoms with Crippen LogP contribution in [0.4, 0.5) is 0 Å². The highest BCUT2D eigenvalue weighted by Crippen LogP contribution is 2.34. The molecule has 0 radical (unpaired) electrons. The molecule has 0 N–H and O–H groups in total. The molecule has 3 rings (SSSR count). The zero-order chi connectivity index (χ0) is 10.3. The summed E-state index contributed by atoms with van der Waals surface area (Å²) in [6.45, 7) is 2.22. The van der Waals surface area contributed by atoms with E-state index >= 15 is 0 Å². The highest BCUT2D eigenvalue weighted by Gasteiger charge is 2.13. The molecule has 0 unspecified atom stereocenters. The molecule has 0 atom stereocenters. The second-order valence-electron chi connectivity index (χ2n) is 4.12.